The van der Waals surface area contributed by atoms with E-state index in [0.29, 0.717) is 0 Å². The van der Waals surface area contributed by atoms with E-state index in [1.54, 1.807) is 0 Å². The third kappa shape index (κ3) is 0.897. The second-order valence-corrected chi connectivity index (χ2v) is 3.10. The SMILES string of the molecule is C=C1CCCc2cnn(C)c21. The van der Waals surface area contributed by atoms with Crippen molar-refractivity contribution < 1.29 is 0 Å². The molecule has 2 rings (SSSR count). The van der Waals surface area contributed by atoms with Gasteiger partial charge in [-0.05, 0) is 30.4 Å². The normalized spacial score (nSPS) is 16.6. The lowest BCUT2D eigenvalue weighted by atomic mass is 9.94. The van der Waals surface area contributed by atoms with Gasteiger partial charge >= 0.3 is 0 Å². The summed E-state index contributed by atoms with van der Waals surface area (Å²) in [6.45, 7) is 4.03. The van der Waals surface area contributed by atoms with Gasteiger partial charge in [0.1, 0.15) is 0 Å². The van der Waals surface area contributed by atoms with Crippen LogP contribution in [0.25, 0.3) is 5.57 Å². The standard InChI is InChI=1S/C9H12N2/c1-7-4-3-5-8-6-10-11(2)9(7)8/h6H,1,3-5H2,2H3. The Labute approximate surface area is 66.5 Å². The zero-order valence-corrected chi connectivity index (χ0v) is 6.80. The van der Waals surface area contributed by atoms with E-state index < -0.39 is 0 Å². The van der Waals surface area contributed by atoms with Crippen LogP contribution in [0.3, 0.4) is 0 Å². The predicted molar refractivity (Wildman–Crippen MR) is 45.2 cm³/mol. The summed E-state index contributed by atoms with van der Waals surface area (Å²) >= 11 is 0. The predicted octanol–water partition coefficient (Wildman–Crippen LogP) is 1.77. The minimum atomic E-state index is 1.13. The zero-order valence-electron chi connectivity index (χ0n) is 6.80. The zero-order chi connectivity index (χ0) is 7.84. The van der Waals surface area contributed by atoms with Crippen LogP contribution in [0.5, 0.6) is 0 Å². The second-order valence-electron chi connectivity index (χ2n) is 3.10. The molecule has 2 nitrogen and oxygen atoms in total. The highest BCUT2D eigenvalue weighted by Gasteiger charge is 2.15. The molecule has 11 heavy (non-hydrogen) atoms. The minimum Gasteiger partial charge on any atom is -0.268 e. The van der Waals surface area contributed by atoms with Crippen LogP contribution in [-0.4, -0.2) is 9.78 Å². The van der Waals surface area contributed by atoms with Gasteiger partial charge in [-0.3, -0.25) is 4.68 Å². The Bertz CT molecular complexity index is 297. The third-order valence-electron chi connectivity index (χ3n) is 2.27. The average Bonchev–Trinajstić information content (AvgIpc) is 2.34. The quantitative estimate of drug-likeness (QED) is 0.548. The van der Waals surface area contributed by atoms with Crippen molar-refractivity contribution in [2.45, 2.75) is 19.3 Å². The van der Waals surface area contributed by atoms with Crippen LogP contribution in [0.1, 0.15) is 24.1 Å². The minimum absolute atomic E-state index is 1.13. The Kier molecular flexibility index (Phi) is 1.34. The molecule has 0 amide bonds. The lowest BCUT2D eigenvalue weighted by Crippen LogP contribution is -2.04. The lowest BCUT2D eigenvalue weighted by Gasteiger charge is -2.14. The van der Waals surface area contributed by atoms with Gasteiger partial charge in [-0.1, -0.05) is 6.58 Å². The molecule has 0 N–H and O–H groups in total. The maximum absolute atomic E-state index is 4.20. The van der Waals surface area contributed by atoms with E-state index in [-0.39, 0.29) is 0 Å². The van der Waals surface area contributed by atoms with E-state index in [1.165, 1.54) is 29.7 Å². The smallest absolute Gasteiger partial charge is 0.0664 e. The average molecular weight is 148 g/mol. The summed E-state index contributed by atoms with van der Waals surface area (Å²) < 4.78 is 1.93. The molecule has 0 radical (unpaired) electrons. The van der Waals surface area contributed by atoms with E-state index in [1.807, 2.05) is 17.9 Å². The van der Waals surface area contributed by atoms with Crippen LogP contribution in [0.15, 0.2) is 12.8 Å². The molecule has 1 aliphatic rings. The molecule has 0 fully saturated rings. The monoisotopic (exact) mass is 148 g/mol. The summed E-state index contributed by atoms with van der Waals surface area (Å²) in [4.78, 5) is 0. The van der Waals surface area contributed by atoms with Crippen molar-refractivity contribution in [2.75, 3.05) is 0 Å². The van der Waals surface area contributed by atoms with E-state index in [4.69, 9.17) is 0 Å². The Morgan fingerprint density at radius 3 is 3.09 bits per heavy atom. The molecule has 0 aliphatic heterocycles. The molecule has 0 saturated heterocycles. The molecule has 0 aromatic carbocycles. The van der Waals surface area contributed by atoms with Crippen molar-refractivity contribution in [1.29, 1.82) is 0 Å². The van der Waals surface area contributed by atoms with E-state index >= 15 is 0 Å². The third-order valence-corrected chi connectivity index (χ3v) is 2.27. The summed E-state index contributed by atoms with van der Waals surface area (Å²) in [6, 6.07) is 0. The van der Waals surface area contributed by atoms with Gasteiger partial charge in [-0.15, -0.1) is 0 Å². The number of hydrogen-bond acceptors (Lipinski definition) is 1. The molecule has 2 heteroatoms. The largest absolute Gasteiger partial charge is 0.268 e. The molecule has 1 aliphatic carbocycles. The van der Waals surface area contributed by atoms with Crippen LogP contribution in [-0.2, 0) is 13.5 Å². The van der Waals surface area contributed by atoms with Gasteiger partial charge in [0.15, 0.2) is 0 Å². The number of fused-ring (bicyclic) bond motifs is 1. The van der Waals surface area contributed by atoms with Crippen molar-refractivity contribution in [3.8, 4) is 0 Å². The first-order chi connectivity index (χ1) is 5.29. The van der Waals surface area contributed by atoms with Gasteiger partial charge in [0.25, 0.3) is 0 Å². The van der Waals surface area contributed by atoms with Gasteiger partial charge in [0.05, 0.1) is 11.9 Å². The number of hydrogen-bond donors (Lipinski definition) is 0. The Morgan fingerprint density at radius 1 is 1.55 bits per heavy atom. The fourth-order valence-electron chi connectivity index (χ4n) is 1.73. The number of rotatable bonds is 0. The Hall–Kier alpha value is -1.05. The maximum atomic E-state index is 4.20. The van der Waals surface area contributed by atoms with E-state index in [0.717, 1.165) is 6.42 Å². The summed E-state index contributed by atoms with van der Waals surface area (Å²) in [6.07, 6.45) is 5.49. The van der Waals surface area contributed by atoms with Crippen LogP contribution < -0.4 is 0 Å². The fourth-order valence-corrected chi connectivity index (χ4v) is 1.73. The molecule has 0 saturated carbocycles. The fraction of sp³-hybridized carbons (Fsp3) is 0.444. The Morgan fingerprint density at radius 2 is 2.36 bits per heavy atom. The molecular weight excluding hydrogens is 136 g/mol. The van der Waals surface area contributed by atoms with Crippen LogP contribution in [0.4, 0.5) is 0 Å². The molecule has 1 heterocycles. The lowest BCUT2D eigenvalue weighted by molar-refractivity contribution is 0.733. The van der Waals surface area contributed by atoms with Gasteiger partial charge < -0.3 is 0 Å². The first-order valence-corrected chi connectivity index (χ1v) is 3.98. The van der Waals surface area contributed by atoms with Crippen molar-refractivity contribution >= 4 is 5.57 Å². The number of nitrogens with zero attached hydrogens (tertiary/aromatic N) is 2. The summed E-state index contributed by atoms with van der Waals surface area (Å²) in [5, 5.41) is 4.20. The highest BCUT2D eigenvalue weighted by molar-refractivity contribution is 5.64. The van der Waals surface area contributed by atoms with Crippen molar-refractivity contribution in [1.82, 2.24) is 9.78 Å². The molecule has 0 spiro atoms. The van der Waals surface area contributed by atoms with E-state index in [9.17, 15) is 0 Å². The van der Waals surface area contributed by atoms with Crippen molar-refractivity contribution in [3.05, 3.63) is 24.0 Å². The number of allylic oxidation sites excluding steroid dienone is 1. The molecule has 58 valence electrons. The number of aryl methyl sites for hydroxylation is 2. The Balaban J connectivity index is 2.56. The second kappa shape index (κ2) is 2.22. The van der Waals surface area contributed by atoms with Crippen LogP contribution in [0, 0.1) is 0 Å². The van der Waals surface area contributed by atoms with Gasteiger partial charge in [0, 0.05) is 7.05 Å². The molecular formula is C9H12N2. The molecule has 1 aromatic rings. The van der Waals surface area contributed by atoms with Crippen LogP contribution >= 0.6 is 0 Å². The molecule has 0 unspecified atom stereocenters. The maximum Gasteiger partial charge on any atom is 0.0664 e. The summed E-state index contributed by atoms with van der Waals surface area (Å²) in [7, 11) is 1.98. The van der Waals surface area contributed by atoms with Gasteiger partial charge in [-0.2, -0.15) is 5.10 Å². The van der Waals surface area contributed by atoms with Crippen LogP contribution in [0.2, 0.25) is 0 Å². The summed E-state index contributed by atoms with van der Waals surface area (Å²) in [5.41, 5.74) is 3.87. The molecule has 0 atom stereocenters. The van der Waals surface area contributed by atoms with E-state index in [2.05, 4.69) is 11.7 Å². The van der Waals surface area contributed by atoms with Gasteiger partial charge in [0.2, 0.25) is 0 Å². The van der Waals surface area contributed by atoms with Gasteiger partial charge in [-0.25, -0.2) is 0 Å². The van der Waals surface area contributed by atoms with Crippen molar-refractivity contribution in [3.63, 3.8) is 0 Å². The van der Waals surface area contributed by atoms with Crippen molar-refractivity contribution in [2.24, 2.45) is 7.05 Å². The first kappa shape index (κ1) is 6.65. The first-order valence-electron chi connectivity index (χ1n) is 3.98. The summed E-state index contributed by atoms with van der Waals surface area (Å²) in [5.74, 6) is 0. The number of aromatic nitrogens is 2. The topological polar surface area (TPSA) is 17.8 Å². The highest BCUT2D eigenvalue weighted by Crippen LogP contribution is 2.28. The molecule has 1 aromatic heterocycles. The highest BCUT2D eigenvalue weighted by atomic mass is 15.3. The molecule has 0 bridgehead atoms.